The molecule has 0 aromatic carbocycles. The van der Waals surface area contributed by atoms with Gasteiger partial charge in [-0.25, -0.2) is 0 Å². The summed E-state index contributed by atoms with van der Waals surface area (Å²) in [6.45, 7) is 5.06. The fraction of sp³-hybridized carbons (Fsp3) is 1.00. The van der Waals surface area contributed by atoms with Gasteiger partial charge in [-0.2, -0.15) is 0 Å². The fourth-order valence-corrected chi connectivity index (χ4v) is 12.7. The Labute approximate surface area is 232 Å². The van der Waals surface area contributed by atoms with Gasteiger partial charge in [0.1, 0.15) is 0 Å². The van der Waals surface area contributed by atoms with Crippen LogP contribution in [0.15, 0.2) is 0 Å². The molecule has 0 heterocycles. The Morgan fingerprint density at radius 1 is 0.568 bits per heavy atom. The van der Waals surface area contributed by atoms with Gasteiger partial charge in [-0.3, -0.25) is 0 Å². The van der Waals surface area contributed by atoms with Crippen LogP contribution in [0.25, 0.3) is 0 Å². The van der Waals surface area contributed by atoms with E-state index in [1.54, 1.807) is 103 Å². The molecule has 7 fully saturated rings. The number of hydrogen-bond acceptors (Lipinski definition) is 0. The molecule has 212 valence electrons. The highest BCUT2D eigenvalue weighted by atomic mass is 14.6. The summed E-state index contributed by atoms with van der Waals surface area (Å²) in [6, 6.07) is 0. The lowest BCUT2D eigenvalue weighted by Crippen LogP contribution is -2.49. The van der Waals surface area contributed by atoms with E-state index in [1.807, 2.05) is 0 Å². The Balaban J connectivity index is 0.990. The number of hydrogen-bond donors (Lipinski definition) is 0. The number of unbranched alkanes of at least 4 members (excludes halogenated alkanes) is 6. The van der Waals surface area contributed by atoms with E-state index in [9.17, 15) is 0 Å². The Hall–Kier alpha value is 0. The summed E-state index contributed by atoms with van der Waals surface area (Å²) >= 11 is 0. The normalized spacial score (nSPS) is 46.9. The largest absolute Gasteiger partial charge is 0.0654 e. The molecule has 7 saturated carbocycles. The van der Waals surface area contributed by atoms with Crippen molar-refractivity contribution in [3.8, 4) is 0 Å². The smallest absolute Gasteiger partial charge is 0.0261 e. The van der Waals surface area contributed by atoms with Crippen molar-refractivity contribution in [3.05, 3.63) is 0 Å². The molecule has 7 unspecified atom stereocenters. The maximum absolute atomic E-state index is 2.71. The van der Waals surface area contributed by atoms with Crippen molar-refractivity contribution in [1.29, 1.82) is 0 Å². The summed E-state index contributed by atoms with van der Waals surface area (Å²) in [5.41, 5.74) is 0.832. The Kier molecular flexibility index (Phi) is 9.00. The van der Waals surface area contributed by atoms with Crippen molar-refractivity contribution in [3.63, 3.8) is 0 Å². The quantitative estimate of drug-likeness (QED) is 0.230. The second-order valence-electron chi connectivity index (χ2n) is 16.4. The van der Waals surface area contributed by atoms with E-state index in [-0.39, 0.29) is 0 Å². The lowest BCUT2D eigenvalue weighted by Gasteiger charge is -2.59. The summed E-state index contributed by atoms with van der Waals surface area (Å²) < 4.78 is 0. The van der Waals surface area contributed by atoms with Crippen LogP contribution in [0.3, 0.4) is 0 Å². The fourth-order valence-electron chi connectivity index (χ4n) is 12.7. The molecule has 0 saturated heterocycles. The number of rotatable bonds is 12. The van der Waals surface area contributed by atoms with Crippen LogP contribution in [0.2, 0.25) is 0 Å². The molecule has 0 amide bonds. The molecule has 0 radical (unpaired) electrons. The number of fused-ring (bicyclic) bond motifs is 1. The molecule has 0 aromatic rings. The van der Waals surface area contributed by atoms with Gasteiger partial charge < -0.3 is 0 Å². The van der Waals surface area contributed by atoms with E-state index in [1.165, 1.54) is 51.4 Å². The van der Waals surface area contributed by atoms with Crippen molar-refractivity contribution in [2.24, 2.45) is 64.6 Å². The average Bonchev–Trinajstić information content (AvgIpc) is 3.38. The van der Waals surface area contributed by atoms with Crippen LogP contribution in [-0.4, -0.2) is 0 Å². The van der Waals surface area contributed by atoms with Crippen molar-refractivity contribution in [2.75, 3.05) is 0 Å². The molecule has 0 heteroatoms. The highest BCUT2D eigenvalue weighted by Gasteiger charge is 2.55. The third-order valence-corrected chi connectivity index (χ3v) is 14.1. The molecule has 37 heavy (non-hydrogen) atoms. The Morgan fingerprint density at radius 2 is 1.22 bits per heavy atom. The van der Waals surface area contributed by atoms with Crippen LogP contribution in [0.4, 0.5) is 0 Å². The molecule has 4 bridgehead atoms. The average molecular weight is 509 g/mol. The maximum Gasteiger partial charge on any atom is -0.0261 e. The van der Waals surface area contributed by atoms with E-state index in [0.29, 0.717) is 0 Å². The second kappa shape index (κ2) is 12.2. The third kappa shape index (κ3) is 6.04. The minimum absolute atomic E-state index is 0.832. The molecule has 7 aliphatic rings. The summed E-state index contributed by atoms with van der Waals surface area (Å²) in [7, 11) is 0. The molecule has 7 atom stereocenters. The van der Waals surface area contributed by atoms with Crippen LogP contribution in [-0.2, 0) is 0 Å². The second-order valence-corrected chi connectivity index (χ2v) is 16.4. The van der Waals surface area contributed by atoms with Gasteiger partial charge in [-0.05, 0) is 142 Å². The summed E-state index contributed by atoms with van der Waals surface area (Å²) in [5, 5.41) is 0. The molecular formula is C37H64. The van der Waals surface area contributed by atoms with Gasteiger partial charge in [-0.1, -0.05) is 90.9 Å². The van der Waals surface area contributed by atoms with Gasteiger partial charge >= 0.3 is 0 Å². The van der Waals surface area contributed by atoms with Crippen molar-refractivity contribution in [2.45, 2.75) is 168 Å². The van der Waals surface area contributed by atoms with Gasteiger partial charge in [0, 0.05) is 0 Å². The standard InChI is InChI=1S/C37H64/c1-3-4-5-6-7-8-9-12-33-23-32(27(2)35-13-10-11-14-36(33)35)17-15-28-16-18-34(22-28)37-24-29-19-30(25-37)21-31(20-29)26-37/h27-36H,3-26H2,1-2H3. The van der Waals surface area contributed by atoms with Crippen LogP contribution in [0.1, 0.15) is 168 Å². The van der Waals surface area contributed by atoms with Crippen LogP contribution in [0.5, 0.6) is 0 Å². The molecule has 0 N–H and O–H groups in total. The van der Waals surface area contributed by atoms with Gasteiger partial charge in [0.15, 0.2) is 0 Å². The zero-order chi connectivity index (χ0) is 25.2. The first-order valence-corrected chi connectivity index (χ1v) is 18.1. The molecular weight excluding hydrogens is 444 g/mol. The van der Waals surface area contributed by atoms with Crippen LogP contribution < -0.4 is 0 Å². The van der Waals surface area contributed by atoms with Gasteiger partial charge in [0.25, 0.3) is 0 Å². The predicted molar refractivity (Wildman–Crippen MR) is 159 cm³/mol. The SMILES string of the molecule is CCCCCCCCCC1CC(CCC2CCC(C34CC5CC(CC(C5)C3)C4)C2)C(C)C2CCCCC12. The monoisotopic (exact) mass is 509 g/mol. The van der Waals surface area contributed by atoms with Crippen LogP contribution in [0, 0.1) is 64.6 Å². The zero-order valence-electron chi connectivity index (χ0n) is 25.2. The predicted octanol–water partition coefficient (Wildman–Crippen LogP) is 11.6. The van der Waals surface area contributed by atoms with Crippen LogP contribution >= 0.6 is 0 Å². The molecule has 7 rings (SSSR count). The van der Waals surface area contributed by atoms with Gasteiger partial charge in [0.05, 0.1) is 0 Å². The lowest BCUT2D eigenvalue weighted by atomic mass is 9.46. The Morgan fingerprint density at radius 3 is 1.92 bits per heavy atom. The molecule has 7 aliphatic carbocycles. The first-order chi connectivity index (χ1) is 18.1. The zero-order valence-corrected chi connectivity index (χ0v) is 25.2. The minimum atomic E-state index is 0.832. The lowest BCUT2D eigenvalue weighted by molar-refractivity contribution is -0.0866. The summed E-state index contributed by atoms with van der Waals surface area (Å²) in [5.74, 6) is 11.0. The van der Waals surface area contributed by atoms with E-state index in [4.69, 9.17) is 0 Å². The van der Waals surface area contributed by atoms with E-state index < -0.39 is 0 Å². The Bertz CT molecular complexity index is 670. The molecule has 0 aromatic heterocycles. The van der Waals surface area contributed by atoms with Crippen molar-refractivity contribution >= 4 is 0 Å². The first-order valence-electron chi connectivity index (χ1n) is 18.1. The van der Waals surface area contributed by atoms with Gasteiger partial charge in [0.2, 0.25) is 0 Å². The highest BCUT2D eigenvalue weighted by molar-refractivity contribution is 5.05. The van der Waals surface area contributed by atoms with Crippen molar-refractivity contribution in [1.82, 2.24) is 0 Å². The molecule has 0 nitrogen and oxygen atoms in total. The maximum atomic E-state index is 2.71. The van der Waals surface area contributed by atoms with Crippen molar-refractivity contribution < 1.29 is 0 Å². The van der Waals surface area contributed by atoms with Gasteiger partial charge in [-0.15, -0.1) is 0 Å². The topological polar surface area (TPSA) is 0 Å². The summed E-state index contributed by atoms with van der Waals surface area (Å²) in [4.78, 5) is 0. The molecule has 0 spiro atoms. The third-order valence-electron chi connectivity index (χ3n) is 14.1. The van der Waals surface area contributed by atoms with E-state index in [0.717, 1.165) is 64.6 Å². The highest BCUT2D eigenvalue weighted by Crippen LogP contribution is 2.65. The minimum Gasteiger partial charge on any atom is -0.0654 e. The molecule has 0 aliphatic heterocycles. The van der Waals surface area contributed by atoms with E-state index in [2.05, 4.69) is 13.8 Å². The van der Waals surface area contributed by atoms with E-state index >= 15 is 0 Å². The first kappa shape index (κ1) is 27.2. The summed E-state index contributed by atoms with van der Waals surface area (Å²) in [6.07, 6.45) is 37.7.